The number of aryl methyl sites for hydroxylation is 1. The highest BCUT2D eigenvalue weighted by atomic mass is 16.2. The van der Waals surface area contributed by atoms with Crippen molar-refractivity contribution < 1.29 is 4.79 Å². The minimum Gasteiger partial charge on any atom is -0.378 e. The molecule has 0 saturated carbocycles. The van der Waals surface area contributed by atoms with Crippen LogP contribution < -0.4 is 10.2 Å². The zero-order valence-corrected chi connectivity index (χ0v) is 18.8. The van der Waals surface area contributed by atoms with E-state index in [1.54, 1.807) is 0 Å². The van der Waals surface area contributed by atoms with E-state index in [2.05, 4.69) is 104 Å². The zero-order valence-electron chi connectivity index (χ0n) is 18.8. The smallest absolute Gasteiger partial charge is 0.235 e. The van der Waals surface area contributed by atoms with Gasteiger partial charge in [-0.2, -0.15) is 0 Å². The van der Waals surface area contributed by atoms with Crippen molar-refractivity contribution in [3.05, 3.63) is 89.5 Å². The highest BCUT2D eigenvalue weighted by Crippen LogP contribution is 2.52. The maximum Gasteiger partial charge on any atom is 0.235 e. The number of hydrogen-bond acceptors (Lipinski definition) is 2. The Morgan fingerprint density at radius 2 is 1.61 bits per heavy atom. The van der Waals surface area contributed by atoms with Gasteiger partial charge in [-0.05, 0) is 65.6 Å². The number of benzene rings is 3. The lowest BCUT2D eigenvalue weighted by atomic mass is 9.73. The highest BCUT2D eigenvalue weighted by Gasteiger charge is 2.48. The van der Waals surface area contributed by atoms with Crippen molar-refractivity contribution in [3.63, 3.8) is 0 Å². The molecule has 3 nitrogen and oxygen atoms in total. The Kier molecular flexibility index (Phi) is 6.13. The van der Waals surface area contributed by atoms with Crippen LogP contribution in [0.15, 0.2) is 72.8 Å². The molecule has 0 heterocycles. The first-order chi connectivity index (χ1) is 15.1. The Hall–Kier alpha value is -3.07. The van der Waals surface area contributed by atoms with E-state index in [1.807, 2.05) is 0 Å². The molecule has 0 radical (unpaired) electrons. The summed E-state index contributed by atoms with van der Waals surface area (Å²) in [5.41, 5.74) is 6.45. The Balaban J connectivity index is 1.80. The van der Waals surface area contributed by atoms with E-state index in [0.717, 1.165) is 42.5 Å². The van der Waals surface area contributed by atoms with Gasteiger partial charge in [0.05, 0.1) is 0 Å². The summed E-state index contributed by atoms with van der Waals surface area (Å²) in [5, 5.41) is 3.24. The van der Waals surface area contributed by atoms with Gasteiger partial charge in [0, 0.05) is 26.3 Å². The standard InChI is InChI=1S/C28H32N2O/c1-4-19-29-27(31)28(18-10-13-21-11-6-5-7-12-21)25-15-9-8-14-23(25)24-17-16-22(30(2)3)20-26(24)28/h5-9,11-12,14-17,20H,4,10,13,18-19H2,1-3H3,(H,29,31). The molecule has 1 N–H and O–H groups in total. The summed E-state index contributed by atoms with van der Waals surface area (Å²) in [6, 6.07) is 25.6. The van der Waals surface area contributed by atoms with Gasteiger partial charge in [-0.15, -0.1) is 0 Å². The molecule has 0 aromatic heterocycles. The van der Waals surface area contributed by atoms with Crippen LogP contribution in [0.4, 0.5) is 5.69 Å². The van der Waals surface area contributed by atoms with E-state index in [1.165, 1.54) is 16.7 Å². The first-order valence-corrected chi connectivity index (χ1v) is 11.3. The fourth-order valence-corrected chi connectivity index (χ4v) is 4.85. The number of nitrogens with zero attached hydrogens (tertiary/aromatic N) is 1. The van der Waals surface area contributed by atoms with Crippen LogP contribution in [0.2, 0.25) is 0 Å². The van der Waals surface area contributed by atoms with Gasteiger partial charge in [-0.1, -0.05) is 67.6 Å². The quantitative estimate of drug-likeness (QED) is 0.525. The van der Waals surface area contributed by atoms with E-state index < -0.39 is 5.41 Å². The molecule has 3 heteroatoms. The molecule has 0 fully saturated rings. The number of hydrogen-bond donors (Lipinski definition) is 1. The molecule has 0 bridgehead atoms. The number of nitrogens with one attached hydrogen (secondary N) is 1. The van der Waals surface area contributed by atoms with E-state index in [-0.39, 0.29) is 5.91 Å². The molecule has 1 aliphatic carbocycles. The summed E-state index contributed by atoms with van der Waals surface area (Å²) in [7, 11) is 4.11. The van der Waals surface area contributed by atoms with Crippen LogP contribution >= 0.6 is 0 Å². The fourth-order valence-electron chi connectivity index (χ4n) is 4.85. The first kappa shape index (κ1) is 21.2. The third-order valence-corrected chi connectivity index (χ3v) is 6.44. The van der Waals surface area contributed by atoms with Crippen LogP contribution in [0.1, 0.15) is 42.9 Å². The lowest BCUT2D eigenvalue weighted by molar-refractivity contribution is -0.125. The van der Waals surface area contributed by atoms with E-state index in [9.17, 15) is 4.79 Å². The van der Waals surface area contributed by atoms with Crippen molar-refractivity contribution >= 4 is 11.6 Å². The molecular formula is C28H32N2O. The fraction of sp³-hybridized carbons (Fsp3) is 0.321. The molecule has 3 aromatic rings. The van der Waals surface area contributed by atoms with Gasteiger partial charge in [0.15, 0.2) is 0 Å². The largest absolute Gasteiger partial charge is 0.378 e. The van der Waals surface area contributed by atoms with Crippen molar-refractivity contribution in [3.8, 4) is 11.1 Å². The number of amides is 1. The van der Waals surface area contributed by atoms with Crippen molar-refractivity contribution in [1.29, 1.82) is 0 Å². The van der Waals surface area contributed by atoms with Gasteiger partial charge in [0.25, 0.3) is 0 Å². The monoisotopic (exact) mass is 412 g/mol. The average Bonchev–Trinajstić information content (AvgIpc) is 3.08. The van der Waals surface area contributed by atoms with Crippen molar-refractivity contribution in [2.45, 2.75) is 38.0 Å². The van der Waals surface area contributed by atoms with Gasteiger partial charge in [-0.25, -0.2) is 0 Å². The van der Waals surface area contributed by atoms with Gasteiger partial charge in [0.1, 0.15) is 5.41 Å². The summed E-state index contributed by atoms with van der Waals surface area (Å²) in [6.45, 7) is 2.80. The van der Waals surface area contributed by atoms with Crippen LogP contribution in [-0.4, -0.2) is 26.5 Å². The van der Waals surface area contributed by atoms with Gasteiger partial charge >= 0.3 is 0 Å². The van der Waals surface area contributed by atoms with Crippen LogP contribution in [0.3, 0.4) is 0 Å². The number of rotatable bonds is 8. The summed E-state index contributed by atoms with van der Waals surface area (Å²) in [4.78, 5) is 16.0. The molecule has 3 aromatic carbocycles. The zero-order chi connectivity index (χ0) is 21.8. The molecule has 1 aliphatic rings. The van der Waals surface area contributed by atoms with E-state index >= 15 is 0 Å². The minimum absolute atomic E-state index is 0.129. The van der Waals surface area contributed by atoms with Gasteiger partial charge < -0.3 is 10.2 Å². The third-order valence-electron chi connectivity index (χ3n) is 6.44. The molecule has 4 rings (SSSR count). The Bertz CT molecular complexity index is 1060. The van der Waals surface area contributed by atoms with Crippen LogP contribution in [-0.2, 0) is 16.6 Å². The van der Waals surface area contributed by atoms with E-state index in [4.69, 9.17) is 0 Å². The number of anilines is 1. The number of fused-ring (bicyclic) bond motifs is 3. The number of carbonyl (C=O) groups excluding carboxylic acids is 1. The molecule has 0 aliphatic heterocycles. The molecule has 1 unspecified atom stereocenters. The Morgan fingerprint density at radius 3 is 2.35 bits per heavy atom. The van der Waals surface area contributed by atoms with Crippen LogP contribution in [0, 0.1) is 0 Å². The molecule has 0 saturated heterocycles. The molecule has 31 heavy (non-hydrogen) atoms. The minimum atomic E-state index is -0.651. The Morgan fingerprint density at radius 1 is 0.903 bits per heavy atom. The lowest BCUT2D eigenvalue weighted by Crippen LogP contribution is -2.44. The maximum atomic E-state index is 13.9. The maximum absolute atomic E-state index is 13.9. The SMILES string of the molecule is CCCNC(=O)C1(CCCc2ccccc2)c2ccccc2-c2ccc(N(C)C)cc21. The summed E-state index contributed by atoms with van der Waals surface area (Å²) in [5.74, 6) is 0.129. The molecule has 0 spiro atoms. The predicted molar refractivity (Wildman–Crippen MR) is 130 cm³/mol. The summed E-state index contributed by atoms with van der Waals surface area (Å²) >= 11 is 0. The summed E-state index contributed by atoms with van der Waals surface area (Å²) < 4.78 is 0. The predicted octanol–water partition coefficient (Wildman–Crippen LogP) is 5.57. The lowest BCUT2D eigenvalue weighted by Gasteiger charge is -2.31. The second-order valence-corrected chi connectivity index (χ2v) is 8.67. The summed E-state index contributed by atoms with van der Waals surface area (Å²) in [6.07, 6.45) is 3.63. The molecule has 1 amide bonds. The Labute approximate surface area is 186 Å². The second-order valence-electron chi connectivity index (χ2n) is 8.67. The van der Waals surface area contributed by atoms with Gasteiger partial charge in [0.2, 0.25) is 5.91 Å². The molecule has 1 atom stereocenters. The topological polar surface area (TPSA) is 32.3 Å². The van der Waals surface area contributed by atoms with Crippen molar-refractivity contribution in [1.82, 2.24) is 5.32 Å². The molecular weight excluding hydrogens is 380 g/mol. The van der Waals surface area contributed by atoms with Gasteiger partial charge in [-0.3, -0.25) is 4.79 Å². The average molecular weight is 413 g/mol. The van der Waals surface area contributed by atoms with E-state index in [0.29, 0.717) is 6.54 Å². The first-order valence-electron chi connectivity index (χ1n) is 11.3. The molecule has 160 valence electrons. The van der Waals surface area contributed by atoms with Crippen LogP contribution in [0.25, 0.3) is 11.1 Å². The normalized spacial score (nSPS) is 16.5. The van der Waals surface area contributed by atoms with Crippen LogP contribution in [0.5, 0.6) is 0 Å². The third kappa shape index (κ3) is 3.85. The highest BCUT2D eigenvalue weighted by molar-refractivity contribution is 6.01. The number of carbonyl (C=O) groups is 1. The van der Waals surface area contributed by atoms with Crippen molar-refractivity contribution in [2.75, 3.05) is 25.5 Å². The van der Waals surface area contributed by atoms with Crippen molar-refractivity contribution in [2.24, 2.45) is 0 Å². The second kappa shape index (κ2) is 8.97.